The number of carbonyl (C=O) groups is 2. The summed E-state index contributed by atoms with van der Waals surface area (Å²) in [5.41, 5.74) is 0.368. The highest BCUT2D eigenvalue weighted by molar-refractivity contribution is 6.32. The fourth-order valence-corrected chi connectivity index (χ4v) is 3.14. The summed E-state index contributed by atoms with van der Waals surface area (Å²) in [6.07, 6.45) is 7.82. The number of halogens is 1. The number of nitrogens with one attached hydrogen (secondary N) is 1. The molecular weight excluding hydrogens is 356 g/mol. The molecule has 2 N–H and O–H groups in total. The Morgan fingerprint density at radius 2 is 2.15 bits per heavy atom. The fraction of sp³-hybridized carbons (Fsp3) is 0.222. The zero-order valence-corrected chi connectivity index (χ0v) is 14.7. The van der Waals surface area contributed by atoms with Crippen LogP contribution in [0.25, 0.3) is 5.57 Å². The lowest BCUT2D eigenvalue weighted by Gasteiger charge is -2.35. The van der Waals surface area contributed by atoms with Crippen molar-refractivity contribution in [3.8, 4) is 0 Å². The smallest absolute Gasteiger partial charge is 0.313 e. The van der Waals surface area contributed by atoms with Gasteiger partial charge in [0.25, 0.3) is 0 Å². The first kappa shape index (κ1) is 17.9. The van der Waals surface area contributed by atoms with Crippen LogP contribution in [0.15, 0.2) is 55.1 Å². The molecule has 0 saturated heterocycles. The molecule has 1 aliphatic rings. The van der Waals surface area contributed by atoms with E-state index in [9.17, 15) is 14.7 Å². The Kier molecular flexibility index (Phi) is 4.90. The second-order valence-corrected chi connectivity index (χ2v) is 6.58. The molecule has 1 heterocycles. The maximum atomic E-state index is 12.3. The topological polar surface area (TPSA) is 97.1 Å². The molecule has 2 unspecified atom stereocenters. The number of aromatic nitrogens is 3. The average Bonchev–Trinajstić information content (AvgIpc) is 3.08. The second-order valence-electron chi connectivity index (χ2n) is 6.18. The van der Waals surface area contributed by atoms with Crippen LogP contribution < -0.4 is 5.32 Å². The Morgan fingerprint density at radius 3 is 2.81 bits per heavy atom. The van der Waals surface area contributed by atoms with Crippen molar-refractivity contribution in [3.05, 3.63) is 65.7 Å². The van der Waals surface area contributed by atoms with Crippen molar-refractivity contribution in [1.82, 2.24) is 20.1 Å². The van der Waals surface area contributed by atoms with Gasteiger partial charge in [-0.1, -0.05) is 48.0 Å². The van der Waals surface area contributed by atoms with Crippen LogP contribution in [-0.4, -0.2) is 37.3 Å². The first-order chi connectivity index (χ1) is 12.4. The Balaban J connectivity index is 1.84. The van der Waals surface area contributed by atoms with E-state index in [1.165, 1.54) is 17.3 Å². The van der Waals surface area contributed by atoms with E-state index in [0.717, 1.165) is 5.56 Å². The van der Waals surface area contributed by atoms with Crippen molar-refractivity contribution in [3.63, 3.8) is 0 Å². The first-order valence-electron chi connectivity index (χ1n) is 7.91. The molecule has 2 atom stereocenters. The van der Waals surface area contributed by atoms with E-state index < -0.39 is 17.4 Å². The number of allylic oxidation sites excluding steroid dienone is 2. The number of nitrogens with zero attached hydrogens (tertiary/aromatic N) is 3. The lowest BCUT2D eigenvalue weighted by Crippen LogP contribution is -2.53. The van der Waals surface area contributed by atoms with Gasteiger partial charge in [-0.15, -0.1) is 0 Å². The summed E-state index contributed by atoms with van der Waals surface area (Å²) in [6.45, 7) is 1.62. The molecule has 0 bridgehead atoms. The largest absolute Gasteiger partial charge is 0.481 e. The molecule has 0 spiro atoms. The maximum absolute atomic E-state index is 12.3. The van der Waals surface area contributed by atoms with Crippen LogP contribution in [0.5, 0.6) is 0 Å². The molecule has 1 aliphatic carbocycles. The summed E-state index contributed by atoms with van der Waals surface area (Å²) in [4.78, 5) is 27.9. The minimum Gasteiger partial charge on any atom is -0.481 e. The highest BCUT2D eigenvalue weighted by Crippen LogP contribution is 2.34. The van der Waals surface area contributed by atoms with Crippen molar-refractivity contribution in [1.29, 1.82) is 0 Å². The quantitative estimate of drug-likeness (QED) is 0.838. The van der Waals surface area contributed by atoms with E-state index in [1.807, 2.05) is 18.2 Å². The summed E-state index contributed by atoms with van der Waals surface area (Å²) < 4.78 is 1.37. The Hall–Kier alpha value is -2.93. The minimum absolute atomic E-state index is 0.0448. The van der Waals surface area contributed by atoms with Gasteiger partial charge in [-0.2, -0.15) is 5.10 Å². The maximum Gasteiger partial charge on any atom is 0.313 e. The molecule has 2 aromatic rings. The summed E-state index contributed by atoms with van der Waals surface area (Å²) in [5, 5.41) is 16.9. The van der Waals surface area contributed by atoms with Crippen molar-refractivity contribution >= 4 is 29.1 Å². The number of amides is 1. The summed E-state index contributed by atoms with van der Waals surface area (Å²) in [7, 11) is 0. The lowest BCUT2D eigenvalue weighted by molar-refractivity contribution is -0.142. The first-order valence-corrected chi connectivity index (χ1v) is 8.29. The number of carboxylic acids is 1. The van der Waals surface area contributed by atoms with Crippen LogP contribution in [0.2, 0.25) is 5.02 Å². The van der Waals surface area contributed by atoms with Crippen molar-refractivity contribution < 1.29 is 14.7 Å². The van der Waals surface area contributed by atoms with Crippen LogP contribution in [0.1, 0.15) is 12.5 Å². The van der Waals surface area contributed by atoms with Gasteiger partial charge < -0.3 is 10.4 Å². The molecule has 1 aromatic heterocycles. The summed E-state index contributed by atoms with van der Waals surface area (Å²) in [6, 6.07) is 7.21. The number of rotatable bonds is 5. The minimum atomic E-state index is -1.08. The van der Waals surface area contributed by atoms with E-state index >= 15 is 0 Å². The van der Waals surface area contributed by atoms with Gasteiger partial charge in [0.15, 0.2) is 0 Å². The molecule has 1 aromatic carbocycles. The van der Waals surface area contributed by atoms with Gasteiger partial charge >= 0.3 is 5.97 Å². The van der Waals surface area contributed by atoms with Gasteiger partial charge in [-0.25, -0.2) is 9.67 Å². The number of carbonyl (C=O) groups excluding carboxylic acids is 1. The van der Waals surface area contributed by atoms with E-state index in [-0.39, 0.29) is 12.5 Å². The van der Waals surface area contributed by atoms with Gasteiger partial charge in [0.2, 0.25) is 5.91 Å². The summed E-state index contributed by atoms with van der Waals surface area (Å²) >= 11 is 6.21. The van der Waals surface area contributed by atoms with Crippen LogP contribution in [0, 0.1) is 5.92 Å². The van der Waals surface area contributed by atoms with Crippen LogP contribution in [0.4, 0.5) is 0 Å². The zero-order chi connectivity index (χ0) is 18.7. The van der Waals surface area contributed by atoms with E-state index in [0.29, 0.717) is 10.6 Å². The number of hydrogen-bond donors (Lipinski definition) is 2. The number of benzene rings is 1. The molecule has 7 nitrogen and oxygen atoms in total. The third-order valence-electron chi connectivity index (χ3n) is 4.23. The van der Waals surface area contributed by atoms with Gasteiger partial charge in [0.1, 0.15) is 25.1 Å². The molecule has 0 radical (unpaired) electrons. The molecular formula is C18H17ClN4O3. The number of hydrogen-bond acceptors (Lipinski definition) is 4. The predicted molar refractivity (Wildman–Crippen MR) is 96.3 cm³/mol. The molecule has 3 rings (SSSR count). The molecule has 0 saturated carbocycles. The Bertz CT molecular complexity index is 892. The normalized spacial score (nSPS) is 21.9. The molecule has 26 heavy (non-hydrogen) atoms. The Labute approximate surface area is 155 Å². The lowest BCUT2D eigenvalue weighted by atomic mass is 9.78. The van der Waals surface area contributed by atoms with Gasteiger partial charge in [0, 0.05) is 5.02 Å². The van der Waals surface area contributed by atoms with Gasteiger partial charge in [0.05, 0.1) is 5.54 Å². The zero-order valence-electron chi connectivity index (χ0n) is 14.0. The molecule has 0 aliphatic heterocycles. The predicted octanol–water partition coefficient (Wildman–Crippen LogP) is 2.16. The molecule has 134 valence electrons. The van der Waals surface area contributed by atoms with E-state index in [1.54, 1.807) is 31.2 Å². The second kappa shape index (κ2) is 7.13. The van der Waals surface area contributed by atoms with Crippen LogP contribution in [-0.2, 0) is 16.1 Å². The third-order valence-corrected chi connectivity index (χ3v) is 4.56. The van der Waals surface area contributed by atoms with Crippen molar-refractivity contribution in [2.75, 3.05) is 0 Å². The number of carboxylic acid groups (broad SMARTS) is 1. The average molecular weight is 373 g/mol. The van der Waals surface area contributed by atoms with Gasteiger partial charge in [-0.3, -0.25) is 9.59 Å². The molecule has 1 amide bonds. The summed E-state index contributed by atoms with van der Waals surface area (Å²) in [5.74, 6) is -2.34. The SMILES string of the molecule is CC1(NC(=O)Cn2cncn2)C=CC(c2ccccc2Cl)=CC1C(=O)O. The van der Waals surface area contributed by atoms with E-state index in [2.05, 4.69) is 15.4 Å². The van der Waals surface area contributed by atoms with Crippen molar-refractivity contribution in [2.24, 2.45) is 5.92 Å². The Morgan fingerprint density at radius 1 is 1.38 bits per heavy atom. The molecule has 0 fully saturated rings. The molecule has 8 heteroatoms. The highest BCUT2D eigenvalue weighted by atomic mass is 35.5. The highest BCUT2D eigenvalue weighted by Gasteiger charge is 2.39. The van der Waals surface area contributed by atoms with Crippen molar-refractivity contribution in [2.45, 2.75) is 19.0 Å². The standard InChI is InChI=1S/C18H17ClN4O3/c1-18(22-16(24)9-23-11-20-10-21-23)7-6-12(8-14(18)17(25)26)13-4-2-3-5-15(13)19/h2-8,10-11,14H,9H2,1H3,(H,22,24)(H,25,26). The number of aliphatic carboxylic acids is 1. The third kappa shape index (κ3) is 3.67. The fourth-order valence-electron chi connectivity index (χ4n) is 2.90. The monoisotopic (exact) mass is 372 g/mol. The van der Waals surface area contributed by atoms with Gasteiger partial charge in [-0.05, 0) is 24.1 Å². The van der Waals surface area contributed by atoms with Crippen LogP contribution in [0.3, 0.4) is 0 Å². The van der Waals surface area contributed by atoms with E-state index in [4.69, 9.17) is 11.6 Å². The van der Waals surface area contributed by atoms with Crippen LogP contribution >= 0.6 is 11.6 Å².